The van der Waals surface area contributed by atoms with Crippen molar-refractivity contribution >= 4 is 23.3 Å². The maximum absolute atomic E-state index is 12.3. The van der Waals surface area contributed by atoms with Crippen LogP contribution in [0.3, 0.4) is 0 Å². The number of anilines is 1. The van der Waals surface area contributed by atoms with Crippen LogP contribution in [0.25, 0.3) is 11.3 Å². The number of carbonyl (C=O) groups is 1. The first-order chi connectivity index (χ1) is 12.5. The molecule has 1 heterocycles. The molecule has 0 aliphatic rings. The molecule has 3 aromatic rings. The van der Waals surface area contributed by atoms with Crippen LogP contribution in [0, 0.1) is 0 Å². The molecule has 1 N–H and O–H groups in total. The third kappa shape index (κ3) is 4.61. The number of hydrogen-bond donors (Lipinski definition) is 1. The van der Waals surface area contributed by atoms with Crippen LogP contribution in [0.1, 0.15) is 19.4 Å². The van der Waals surface area contributed by atoms with Crippen LogP contribution < -0.4 is 10.1 Å². The van der Waals surface area contributed by atoms with Gasteiger partial charge in [0.15, 0.2) is 5.69 Å². The molecule has 0 atom stereocenters. The summed E-state index contributed by atoms with van der Waals surface area (Å²) in [6, 6.07) is 14.4. The summed E-state index contributed by atoms with van der Waals surface area (Å²) >= 11 is 5.85. The molecule has 0 saturated carbocycles. The molecule has 0 fully saturated rings. The van der Waals surface area contributed by atoms with E-state index < -0.39 is 0 Å². The van der Waals surface area contributed by atoms with Crippen molar-refractivity contribution in [2.75, 3.05) is 5.32 Å². The largest absolute Gasteiger partial charge is 0.491 e. The number of carbonyl (C=O) groups excluding carboxylic acids is 1. The second kappa shape index (κ2) is 8.01. The van der Waals surface area contributed by atoms with Gasteiger partial charge in [-0.1, -0.05) is 23.7 Å². The number of aromatic nitrogens is 2. The van der Waals surface area contributed by atoms with Gasteiger partial charge in [-0.05, 0) is 66.1 Å². The lowest BCUT2D eigenvalue weighted by molar-refractivity contribution is -0.115. The van der Waals surface area contributed by atoms with E-state index in [1.807, 2.05) is 38.1 Å². The van der Waals surface area contributed by atoms with E-state index in [2.05, 4.69) is 15.6 Å². The molecular formula is C19H18ClN3O3. The lowest BCUT2D eigenvalue weighted by Gasteiger charge is -2.09. The Morgan fingerprint density at radius 2 is 1.81 bits per heavy atom. The molecule has 26 heavy (non-hydrogen) atoms. The topological polar surface area (TPSA) is 77.2 Å². The van der Waals surface area contributed by atoms with Crippen molar-refractivity contribution in [1.82, 2.24) is 10.3 Å². The van der Waals surface area contributed by atoms with E-state index in [0.717, 1.165) is 16.9 Å². The maximum Gasteiger partial charge on any atom is 0.230 e. The highest BCUT2D eigenvalue weighted by atomic mass is 35.5. The Kier molecular flexibility index (Phi) is 5.53. The fourth-order valence-electron chi connectivity index (χ4n) is 2.39. The molecule has 1 amide bonds. The summed E-state index contributed by atoms with van der Waals surface area (Å²) in [6.07, 6.45) is 0.294. The average Bonchev–Trinajstić information content (AvgIpc) is 3.05. The van der Waals surface area contributed by atoms with Gasteiger partial charge in [0.25, 0.3) is 0 Å². The van der Waals surface area contributed by atoms with E-state index in [9.17, 15) is 4.79 Å². The van der Waals surface area contributed by atoms with E-state index in [-0.39, 0.29) is 24.2 Å². The Hall–Kier alpha value is -2.86. The summed E-state index contributed by atoms with van der Waals surface area (Å²) in [5.74, 6) is 0.819. The second-order valence-electron chi connectivity index (χ2n) is 6.00. The number of halogens is 1. The number of hydrogen-bond acceptors (Lipinski definition) is 5. The van der Waals surface area contributed by atoms with Crippen molar-refractivity contribution in [3.63, 3.8) is 0 Å². The molecule has 7 heteroatoms. The zero-order chi connectivity index (χ0) is 18.5. The predicted octanol–water partition coefficient (Wildman–Crippen LogP) is 4.36. The number of nitrogens with zero attached hydrogens (tertiary/aromatic N) is 2. The molecule has 0 radical (unpaired) electrons. The van der Waals surface area contributed by atoms with Crippen molar-refractivity contribution in [1.29, 1.82) is 0 Å². The fraction of sp³-hybridized carbons (Fsp3) is 0.211. The molecule has 0 aliphatic heterocycles. The van der Waals surface area contributed by atoms with Crippen molar-refractivity contribution in [3.05, 3.63) is 59.1 Å². The highest BCUT2D eigenvalue weighted by molar-refractivity contribution is 6.30. The quantitative estimate of drug-likeness (QED) is 0.696. The van der Waals surface area contributed by atoms with Gasteiger partial charge in [-0.3, -0.25) is 4.79 Å². The standard InChI is InChI=1S/C19H18ClN3O3/c1-12(2)25-16-9-5-14(6-10-16)18-19(23-26-22-18)21-17(24)11-13-3-7-15(20)8-4-13/h3-10,12H,11H2,1-2H3,(H,21,23,24). The number of nitrogens with one attached hydrogen (secondary N) is 1. The van der Waals surface area contributed by atoms with E-state index in [1.54, 1.807) is 24.3 Å². The molecule has 0 spiro atoms. The van der Waals surface area contributed by atoms with Crippen LogP contribution in [0.15, 0.2) is 53.2 Å². The van der Waals surface area contributed by atoms with Crippen LogP contribution in [-0.4, -0.2) is 22.3 Å². The molecule has 3 rings (SSSR count). The second-order valence-corrected chi connectivity index (χ2v) is 6.44. The van der Waals surface area contributed by atoms with Crippen molar-refractivity contribution in [3.8, 4) is 17.0 Å². The molecule has 1 aromatic heterocycles. The van der Waals surface area contributed by atoms with Crippen LogP contribution >= 0.6 is 11.6 Å². The Morgan fingerprint density at radius 1 is 1.12 bits per heavy atom. The zero-order valence-corrected chi connectivity index (χ0v) is 15.2. The Bertz CT molecular complexity index is 874. The first-order valence-electron chi connectivity index (χ1n) is 8.15. The van der Waals surface area contributed by atoms with Gasteiger partial charge in [-0.25, -0.2) is 4.63 Å². The number of ether oxygens (including phenoxy) is 1. The van der Waals surface area contributed by atoms with Crippen LogP contribution in [0.5, 0.6) is 5.75 Å². The fourth-order valence-corrected chi connectivity index (χ4v) is 2.51. The summed E-state index contributed by atoms with van der Waals surface area (Å²) in [4.78, 5) is 12.3. The Labute approximate surface area is 156 Å². The minimum Gasteiger partial charge on any atom is -0.491 e. The van der Waals surface area contributed by atoms with E-state index in [1.165, 1.54) is 0 Å². The SMILES string of the molecule is CC(C)Oc1ccc(-c2nonc2NC(=O)Cc2ccc(Cl)cc2)cc1. The third-order valence-corrected chi connectivity index (χ3v) is 3.78. The van der Waals surface area contributed by atoms with Crippen LogP contribution in [-0.2, 0) is 11.2 Å². The van der Waals surface area contributed by atoms with Gasteiger partial charge in [0.05, 0.1) is 12.5 Å². The average molecular weight is 372 g/mol. The lowest BCUT2D eigenvalue weighted by Crippen LogP contribution is -2.15. The number of rotatable bonds is 6. The molecule has 134 valence electrons. The van der Waals surface area contributed by atoms with Gasteiger partial charge in [0, 0.05) is 10.6 Å². The zero-order valence-electron chi connectivity index (χ0n) is 14.4. The van der Waals surface area contributed by atoms with Crippen molar-refractivity contribution in [2.24, 2.45) is 0 Å². The van der Waals surface area contributed by atoms with Gasteiger partial charge in [0.1, 0.15) is 5.75 Å². The summed E-state index contributed by atoms with van der Waals surface area (Å²) in [5, 5.41) is 11.0. The Balaban J connectivity index is 1.70. The van der Waals surface area contributed by atoms with E-state index >= 15 is 0 Å². The summed E-state index contributed by atoms with van der Waals surface area (Å²) in [6.45, 7) is 3.92. The predicted molar refractivity (Wildman–Crippen MR) is 99.3 cm³/mol. The molecule has 2 aromatic carbocycles. The van der Waals surface area contributed by atoms with E-state index in [4.69, 9.17) is 21.0 Å². The van der Waals surface area contributed by atoms with Gasteiger partial charge in [0.2, 0.25) is 11.7 Å². The molecule has 0 saturated heterocycles. The first-order valence-corrected chi connectivity index (χ1v) is 8.53. The summed E-state index contributed by atoms with van der Waals surface area (Å²) in [7, 11) is 0. The van der Waals surface area contributed by atoms with Crippen LogP contribution in [0.2, 0.25) is 5.02 Å². The van der Waals surface area contributed by atoms with Crippen LogP contribution in [0.4, 0.5) is 5.82 Å². The molecule has 0 unspecified atom stereocenters. The molecule has 6 nitrogen and oxygen atoms in total. The maximum atomic E-state index is 12.3. The smallest absolute Gasteiger partial charge is 0.230 e. The number of benzene rings is 2. The van der Waals surface area contributed by atoms with Crippen molar-refractivity contribution in [2.45, 2.75) is 26.4 Å². The normalized spacial score (nSPS) is 10.8. The highest BCUT2D eigenvalue weighted by Gasteiger charge is 2.15. The molecular weight excluding hydrogens is 354 g/mol. The minimum atomic E-state index is -0.218. The van der Waals surface area contributed by atoms with E-state index in [0.29, 0.717) is 10.7 Å². The van der Waals surface area contributed by atoms with Crippen molar-refractivity contribution < 1.29 is 14.2 Å². The molecule has 0 bridgehead atoms. The van der Waals surface area contributed by atoms with Gasteiger partial charge in [-0.2, -0.15) is 0 Å². The van der Waals surface area contributed by atoms with Gasteiger partial charge < -0.3 is 10.1 Å². The number of amides is 1. The lowest BCUT2D eigenvalue weighted by atomic mass is 10.1. The third-order valence-electron chi connectivity index (χ3n) is 3.52. The van der Waals surface area contributed by atoms with Gasteiger partial charge in [-0.15, -0.1) is 0 Å². The summed E-state index contributed by atoms with van der Waals surface area (Å²) in [5.41, 5.74) is 2.08. The molecule has 0 aliphatic carbocycles. The highest BCUT2D eigenvalue weighted by Crippen LogP contribution is 2.26. The first kappa shape index (κ1) is 17.9. The summed E-state index contributed by atoms with van der Waals surface area (Å²) < 4.78 is 10.4. The monoisotopic (exact) mass is 371 g/mol. The minimum absolute atomic E-state index is 0.0947. The van der Waals surface area contributed by atoms with Gasteiger partial charge >= 0.3 is 0 Å². The Morgan fingerprint density at radius 3 is 2.46 bits per heavy atom.